The highest BCUT2D eigenvalue weighted by molar-refractivity contribution is 5.70. The van der Waals surface area contributed by atoms with Gasteiger partial charge in [-0.3, -0.25) is 4.79 Å². The maximum atomic E-state index is 10.4. The van der Waals surface area contributed by atoms with E-state index in [0.717, 1.165) is 17.1 Å². The number of carbonyl (C=O) groups is 1. The molecule has 0 aliphatic carbocycles. The Hall–Kier alpha value is -2.55. The van der Waals surface area contributed by atoms with Gasteiger partial charge >= 0.3 is 5.97 Å². The van der Waals surface area contributed by atoms with Crippen molar-refractivity contribution in [3.05, 3.63) is 66.2 Å². The van der Waals surface area contributed by atoms with Crippen LogP contribution in [0, 0.1) is 0 Å². The van der Waals surface area contributed by atoms with E-state index in [1.54, 1.807) is 12.2 Å². The van der Waals surface area contributed by atoms with E-state index in [2.05, 4.69) is 0 Å². The normalized spacial score (nSPS) is 10.5. The van der Waals surface area contributed by atoms with E-state index in [4.69, 9.17) is 9.84 Å². The Morgan fingerprint density at radius 2 is 1.63 bits per heavy atom. The number of ether oxygens (including phenoxy) is 1. The summed E-state index contributed by atoms with van der Waals surface area (Å²) < 4.78 is 5.66. The van der Waals surface area contributed by atoms with Crippen molar-refractivity contribution < 1.29 is 14.6 Å². The van der Waals surface area contributed by atoms with Crippen LogP contribution in [0.3, 0.4) is 0 Å². The van der Waals surface area contributed by atoms with Gasteiger partial charge in [0.15, 0.2) is 0 Å². The summed E-state index contributed by atoms with van der Waals surface area (Å²) in [5.41, 5.74) is 0.946. The third-order valence-corrected chi connectivity index (χ3v) is 2.46. The molecular formula is C16H14O3. The van der Waals surface area contributed by atoms with Gasteiger partial charge in [0.2, 0.25) is 0 Å². The van der Waals surface area contributed by atoms with E-state index in [9.17, 15) is 4.79 Å². The lowest BCUT2D eigenvalue weighted by molar-refractivity contribution is -0.135. The Kier molecular flexibility index (Phi) is 4.34. The molecule has 0 amide bonds. The molecule has 0 fully saturated rings. The number of aliphatic carboxylic acids is 1. The van der Waals surface area contributed by atoms with Gasteiger partial charge in [-0.1, -0.05) is 42.5 Å². The first-order chi connectivity index (χ1) is 9.24. The van der Waals surface area contributed by atoms with Gasteiger partial charge in [0.1, 0.15) is 11.5 Å². The largest absolute Gasteiger partial charge is 0.481 e. The Morgan fingerprint density at radius 1 is 1.00 bits per heavy atom. The highest BCUT2D eigenvalue weighted by Gasteiger charge is 1.96. The second kappa shape index (κ2) is 6.40. The molecule has 3 nitrogen and oxygen atoms in total. The Balaban J connectivity index is 1.98. The van der Waals surface area contributed by atoms with E-state index in [-0.39, 0.29) is 6.42 Å². The summed E-state index contributed by atoms with van der Waals surface area (Å²) in [6, 6.07) is 17.0. The van der Waals surface area contributed by atoms with Crippen LogP contribution >= 0.6 is 0 Å². The summed E-state index contributed by atoms with van der Waals surface area (Å²) in [6.45, 7) is 0. The molecule has 0 aromatic heterocycles. The van der Waals surface area contributed by atoms with Gasteiger partial charge in [0, 0.05) is 0 Å². The molecule has 0 radical (unpaired) electrons. The molecule has 2 aromatic rings. The minimum atomic E-state index is -0.833. The van der Waals surface area contributed by atoms with E-state index in [0.29, 0.717) is 0 Å². The third-order valence-electron chi connectivity index (χ3n) is 2.46. The minimum Gasteiger partial charge on any atom is -0.481 e. The molecule has 0 unspecified atom stereocenters. The zero-order valence-electron chi connectivity index (χ0n) is 10.3. The Bertz CT molecular complexity index is 556. The van der Waals surface area contributed by atoms with Crippen molar-refractivity contribution in [2.45, 2.75) is 6.42 Å². The number of para-hydroxylation sites is 1. The Morgan fingerprint density at radius 3 is 2.26 bits per heavy atom. The van der Waals surface area contributed by atoms with Crippen molar-refractivity contribution >= 4 is 12.0 Å². The van der Waals surface area contributed by atoms with Crippen LogP contribution in [0.4, 0.5) is 0 Å². The number of benzene rings is 2. The van der Waals surface area contributed by atoms with E-state index < -0.39 is 5.97 Å². The van der Waals surface area contributed by atoms with Crippen molar-refractivity contribution in [1.82, 2.24) is 0 Å². The molecule has 2 rings (SSSR count). The fourth-order valence-electron chi connectivity index (χ4n) is 1.57. The van der Waals surface area contributed by atoms with Gasteiger partial charge in [-0.15, -0.1) is 0 Å². The predicted molar refractivity (Wildman–Crippen MR) is 74.2 cm³/mol. The molecule has 2 aromatic carbocycles. The fourth-order valence-corrected chi connectivity index (χ4v) is 1.57. The van der Waals surface area contributed by atoms with Gasteiger partial charge in [-0.25, -0.2) is 0 Å². The molecule has 19 heavy (non-hydrogen) atoms. The van der Waals surface area contributed by atoms with E-state index in [1.165, 1.54) is 0 Å². The van der Waals surface area contributed by atoms with Crippen molar-refractivity contribution in [2.24, 2.45) is 0 Å². The SMILES string of the molecule is O=C(O)C/C=C/c1ccc(Oc2ccccc2)cc1. The summed E-state index contributed by atoms with van der Waals surface area (Å²) in [5, 5.41) is 8.53. The minimum absolute atomic E-state index is 0.0300. The molecule has 0 aliphatic rings. The molecule has 0 heterocycles. The standard InChI is InChI=1S/C16H14O3/c17-16(18)8-4-5-13-9-11-15(12-10-13)19-14-6-2-1-3-7-14/h1-7,9-12H,8H2,(H,17,18)/b5-4+. The smallest absolute Gasteiger partial charge is 0.307 e. The van der Waals surface area contributed by atoms with Crippen LogP contribution in [0.1, 0.15) is 12.0 Å². The summed E-state index contributed by atoms with van der Waals surface area (Å²) >= 11 is 0. The van der Waals surface area contributed by atoms with Crippen LogP contribution in [0.2, 0.25) is 0 Å². The quantitative estimate of drug-likeness (QED) is 0.878. The average Bonchev–Trinajstić information content (AvgIpc) is 2.42. The van der Waals surface area contributed by atoms with Gasteiger partial charge in [0.05, 0.1) is 6.42 Å². The van der Waals surface area contributed by atoms with E-state index >= 15 is 0 Å². The lowest BCUT2D eigenvalue weighted by atomic mass is 10.2. The monoisotopic (exact) mass is 254 g/mol. The van der Waals surface area contributed by atoms with Crippen LogP contribution in [-0.2, 0) is 4.79 Å². The number of hydrogen-bond donors (Lipinski definition) is 1. The zero-order valence-corrected chi connectivity index (χ0v) is 10.3. The Labute approximate surface area is 111 Å². The van der Waals surface area contributed by atoms with Gasteiger partial charge in [-0.2, -0.15) is 0 Å². The molecule has 0 spiro atoms. The van der Waals surface area contributed by atoms with Crippen LogP contribution in [0.5, 0.6) is 11.5 Å². The van der Waals surface area contributed by atoms with Gasteiger partial charge in [0.25, 0.3) is 0 Å². The number of hydrogen-bond acceptors (Lipinski definition) is 2. The maximum Gasteiger partial charge on any atom is 0.307 e. The van der Waals surface area contributed by atoms with Gasteiger partial charge in [-0.05, 0) is 29.8 Å². The van der Waals surface area contributed by atoms with Crippen LogP contribution in [0.25, 0.3) is 6.08 Å². The maximum absolute atomic E-state index is 10.4. The van der Waals surface area contributed by atoms with Crippen LogP contribution in [0.15, 0.2) is 60.7 Å². The fraction of sp³-hybridized carbons (Fsp3) is 0.0625. The lowest BCUT2D eigenvalue weighted by Crippen LogP contribution is -1.89. The van der Waals surface area contributed by atoms with Crippen molar-refractivity contribution in [2.75, 3.05) is 0 Å². The van der Waals surface area contributed by atoms with Crippen molar-refractivity contribution in [3.8, 4) is 11.5 Å². The lowest BCUT2D eigenvalue weighted by Gasteiger charge is -2.05. The zero-order chi connectivity index (χ0) is 13.5. The van der Waals surface area contributed by atoms with Crippen molar-refractivity contribution in [1.29, 1.82) is 0 Å². The first kappa shape index (κ1) is 12.9. The first-order valence-electron chi connectivity index (χ1n) is 5.95. The van der Waals surface area contributed by atoms with Crippen molar-refractivity contribution in [3.63, 3.8) is 0 Å². The van der Waals surface area contributed by atoms with Crippen LogP contribution < -0.4 is 4.74 Å². The third kappa shape index (κ3) is 4.32. The highest BCUT2D eigenvalue weighted by atomic mass is 16.5. The molecule has 0 saturated heterocycles. The predicted octanol–water partition coefficient (Wildman–Crippen LogP) is 3.97. The number of carboxylic acid groups (broad SMARTS) is 1. The van der Waals surface area contributed by atoms with E-state index in [1.807, 2.05) is 54.6 Å². The molecular weight excluding hydrogens is 240 g/mol. The average molecular weight is 254 g/mol. The summed E-state index contributed by atoms with van der Waals surface area (Å²) in [4.78, 5) is 10.4. The first-order valence-corrected chi connectivity index (χ1v) is 5.95. The topological polar surface area (TPSA) is 46.5 Å². The number of carboxylic acids is 1. The molecule has 0 atom stereocenters. The second-order valence-electron chi connectivity index (χ2n) is 3.98. The molecule has 3 heteroatoms. The van der Waals surface area contributed by atoms with Crippen LogP contribution in [-0.4, -0.2) is 11.1 Å². The molecule has 0 saturated carbocycles. The molecule has 96 valence electrons. The molecule has 1 N–H and O–H groups in total. The second-order valence-corrected chi connectivity index (χ2v) is 3.98. The summed E-state index contributed by atoms with van der Waals surface area (Å²) in [7, 11) is 0. The molecule has 0 bridgehead atoms. The van der Waals surface area contributed by atoms with Gasteiger partial charge < -0.3 is 9.84 Å². The summed E-state index contributed by atoms with van der Waals surface area (Å²) in [6.07, 6.45) is 3.43. The number of rotatable bonds is 5. The molecule has 0 aliphatic heterocycles. The summed E-state index contributed by atoms with van der Waals surface area (Å²) in [5.74, 6) is 0.707. The highest BCUT2D eigenvalue weighted by Crippen LogP contribution is 2.21.